The fourth-order valence-corrected chi connectivity index (χ4v) is 2.78. The second-order valence-corrected chi connectivity index (χ2v) is 5.99. The van der Waals surface area contributed by atoms with Gasteiger partial charge in [0.25, 0.3) is 0 Å². The Morgan fingerprint density at radius 3 is 2.72 bits per heavy atom. The van der Waals surface area contributed by atoms with E-state index in [0.717, 1.165) is 12.8 Å². The Morgan fingerprint density at radius 2 is 2.11 bits per heavy atom. The van der Waals surface area contributed by atoms with Crippen molar-refractivity contribution in [1.29, 1.82) is 5.26 Å². The quantitative estimate of drug-likeness (QED) is 0.815. The number of hydrogen-bond donors (Lipinski definition) is 1. The van der Waals surface area contributed by atoms with Crippen LogP contribution in [-0.2, 0) is 9.47 Å². The maximum absolute atomic E-state index is 11.8. The summed E-state index contributed by atoms with van der Waals surface area (Å²) in [5.74, 6) is 0.0984. The lowest BCUT2D eigenvalue weighted by Gasteiger charge is -2.28. The van der Waals surface area contributed by atoms with Crippen molar-refractivity contribution in [2.75, 3.05) is 0 Å². The first-order valence-corrected chi connectivity index (χ1v) is 6.42. The minimum absolute atomic E-state index is 0.0425. The standard InChI is InChI=1S/C13H20N2O3/c1-13(2,3)18-12(16)15-11-8(6-7-14)9-4-5-10(11)17-9/h8-11H,4-6H2,1-3H3,(H,15,16). The van der Waals surface area contributed by atoms with Crippen LogP contribution < -0.4 is 5.32 Å². The molecule has 2 heterocycles. The SMILES string of the molecule is CC(C)(C)OC(=O)NC1C2CCC(O2)C1CC#N. The van der Waals surface area contributed by atoms with Crippen LogP contribution in [0.2, 0.25) is 0 Å². The summed E-state index contributed by atoms with van der Waals surface area (Å²) in [7, 11) is 0. The second-order valence-electron chi connectivity index (χ2n) is 5.99. The van der Waals surface area contributed by atoms with Gasteiger partial charge in [-0.15, -0.1) is 0 Å². The van der Waals surface area contributed by atoms with Crippen molar-refractivity contribution in [1.82, 2.24) is 5.32 Å². The molecular formula is C13H20N2O3. The van der Waals surface area contributed by atoms with E-state index in [4.69, 9.17) is 14.7 Å². The Hall–Kier alpha value is -1.28. The third-order valence-electron chi connectivity index (χ3n) is 3.44. The number of fused-ring (bicyclic) bond motifs is 2. The van der Waals surface area contributed by atoms with Gasteiger partial charge in [0.15, 0.2) is 0 Å². The van der Waals surface area contributed by atoms with Crippen LogP contribution >= 0.6 is 0 Å². The molecule has 1 N–H and O–H groups in total. The minimum Gasteiger partial charge on any atom is -0.444 e. The van der Waals surface area contributed by atoms with E-state index >= 15 is 0 Å². The average molecular weight is 252 g/mol. The molecule has 0 spiro atoms. The molecule has 0 aromatic rings. The molecule has 100 valence electrons. The third kappa shape index (κ3) is 2.75. The van der Waals surface area contributed by atoms with Gasteiger partial charge in [-0.25, -0.2) is 4.79 Å². The van der Waals surface area contributed by atoms with E-state index in [2.05, 4.69) is 11.4 Å². The predicted molar refractivity (Wildman–Crippen MR) is 64.8 cm³/mol. The number of amides is 1. The van der Waals surface area contributed by atoms with Crippen LogP contribution in [0.25, 0.3) is 0 Å². The van der Waals surface area contributed by atoms with Gasteiger partial charge in [-0.1, -0.05) is 0 Å². The van der Waals surface area contributed by atoms with Gasteiger partial charge >= 0.3 is 6.09 Å². The van der Waals surface area contributed by atoms with Crippen molar-refractivity contribution in [2.45, 2.75) is 63.9 Å². The molecule has 18 heavy (non-hydrogen) atoms. The highest BCUT2D eigenvalue weighted by Gasteiger charge is 2.49. The summed E-state index contributed by atoms with van der Waals surface area (Å²) in [5.41, 5.74) is -0.507. The van der Waals surface area contributed by atoms with E-state index in [1.165, 1.54) is 0 Å². The molecule has 2 rings (SSSR count). The number of nitrogens with one attached hydrogen (secondary N) is 1. The van der Waals surface area contributed by atoms with E-state index in [0.29, 0.717) is 6.42 Å². The van der Waals surface area contributed by atoms with E-state index in [9.17, 15) is 4.79 Å². The lowest BCUT2D eigenvalue weighted by molar-refractivity contribution is 0.0457. The number of alkyl carbamates (subject to hydrolysis) is 1. The van der Waals surface area contributed by atoms with Crippen LogP contribution in [0.1, 0.15) is 40.0 Å². The molecule has 2 aliphatic heterocycles. The summed E-state index contributed by atoms with van der Waals surface area (Å²) in [4.78, 5) is 11.8. The molecule has 2 aliphatic rings. The average Bonchev–Trinajstić information content (AvgIpc) is 2.78. The van der Waals surface area contributed by atoms with Crippen LogP contribution in [-0.4, -0.2) is 29.9 Å². The summed E-state index contributed by atoms with van der Waals surface area (Å²) < 4.78 is 11.0. The molecule has 0 saturated carbocycles. The fraction of sp³-hybridized carbons (Fsp3) is 0.846. The van der Waals surface area contributed by atoms with Crippen LogP contribution in [0.15, 0.2) is 0 Å². The van der Waals surface area contributed by atoms with Gasteiger partial charge in [-0.2, -0.15) is 5.26 Å². The molecule has 4 unspecified atom stereocenters. The fourth-order valence-electron chi connectivity index (χ4n) is 2.78. The zero-order valence-corrected chi connectivity index (χ0v) is 11.1. The Bertz CT molecular complexity index is 369. The van der Waals surface area contributed by atoms with Crippen molar-refractivity contribution in [3.63, 3.8) is 0 Å². The Balaban J connectivity index is 1.95. The van der Waals surface area contributed by atoms with Crippen molar-refractivity contribution in [3.8, 4) is 6.07 Å². The Labute approximate surface area is 107 Å². The zero-order valence-electron chi connectivity index (χ0n) is 11.1. The van der Waals surface area contributed by atoms with E-state index < -0.39 is 11.7 Å². The van der Waals surface area contributed by atoms with Gasteiger partial charge in [-0.3, -0.25) is 0 Å². The zero-order chi connectivity index (χ0) is 13.3. The van der Waals surface area contributed by atoms with Crippen LogP contribution in [0.3, 0.4) is 0 Å². The molecule has 0 aromatic heterocycles. The van der Waals surface area contributed by atoms with Gasteiger partial charge in [0, 0.05) is 12.3 Å². The van der Waals surface area contributed by atoms with Gasteiger partial charge < -0.3 is 14.8 Å². The van der Waals surface area contributed by atoms with Crippen molar-refractivity contribution < 1.29 is 14.3 Å². The third-order valence-corrected chi connectivity index (χ3v) is 3.44. The van der Waals surface area contributed by atoms with E-state index in [-0.39, 0.29) is 24.2 Å². The van der Waals surface area contributed by atoms with Gasteiger partial charge in [-0.05, 0) is 33.6 Å². The normalized spacial score (nSPS) is 34.1. The molecule has 1 amide bonds. The topological polar surface area (TPSA) is 71.3 Å². The summed E-state index contributed by atoms with van der Waals surface area (Å²) >= 11 is 0. The number of nitrogens with zero attached hydrogens (tertiary/aromatic N) is 1. The molecule has 0 aromatic carbocycles. The molecule has 2 saturated heterocycles. The highest BCUT2D eigenvalue weighted by Crippen LogP contribution is 2.40. The minimum atomic E-state index is -0.507. The van der Waals surface area contributed by atoms with E-state index in [1.807, 2.05) is 20.8 Å². The highest BCUT2D eigenvalue weighted by molar-refractivity contribution is 5.68. The number of carbonyl (C=O) groups is 1. The first-order chi connectivity index (χ1) is 8.40. The molecule has 2 fully saturated rings. The molecule has 0 radical (unpaired) electrons. The Kier molecular flexibility index (Phi) is 3.49. The summed E-state index contributed by atoms with van der Waals surface area (Å²) in [6.45, 7) is 5.49. The first kappa shape index (κ1) is 13.2. The maximum atomic E-state index is 11.8. The van der Waals surface area contributed by atoms with Crippen LogP contribution in [0, 0.1) is 17.2 Å². The molecule has 2 bridgehead atoms. The summed E-state index contributed by atoms with van der Waals surface area (Å²) in [6.07, 6.45) is 2.10. The maximum Gasteiger partial charge on any atom is 0.407 e. The van der Waals surface area contributed by atoms with E-state index in [1.54, 1.807) is 0 Å². The first-order valence-electron chi connectivity index (χ1n) is 6.42. The summed E-state index contributed by atoms with van der Waals surface area (Å²) in [5, 5.41) is 11.7. The molecule has 5 nitrogen and oxygen atoms in total. The number of nitriles is 1. The number of ether oxygens (including phenoxy) is 2. The Morgan fingerprint density at radius 1 is 1.44 bits per heavy atom. The molecule has 5 heteroatoms. The van der Waals surface area contributed by atoms with Gasteiger partial charge in [0.2, 0.25) is 0 Å². The highest BCUT2D eigenvalue weighted by atomic mass is 16.6. The summed E-state index contributed by atoms with van der Waals surface area (Å²) in [6, 6.07) is 2.09. The lowest BCUT2D eigenvalue weighted by atomic mass is 9.83. The van der Waals surface area contributed by atoms with Crippen LogP contribution in [0.5, 0.6) is 0 Å². The number of rotatable bonds is 2. The monoisotopic (exact) mass is 252 g/mol. The van der Waals surface area contributed by atoms with Crippen molar-refractivity contribution >= 4 is 6.09 Å². The molecule has 0 aliphatic carbocycles. The number of hydrogen-bond acceptors (Lipinski definition) is 4. The second kappa shape index (κ2) is 4.77. The van der Waals surface area contributed by atoms with Crippen molar-refractivity contribution in [2.24, 2.45) is 5.92 Å². The molecule has 4 atom stereocenters. The lowest BCUT2D eigenvalue weighted by Crippen LogP contribution is -2.48. The van der Waals surface area contributed by atoms with Gasteiger partial charge in [0.05, 0.1) is 24.3 Å². The number of carbonyl (C=O) groups excluding carboxylic acids is 1. The largest absolute Gasteiger partial charge is 0.444 e. The molecular weight excluding hydrogens is 232 g/mol. The smallest absolute Gasteiger partial charge is 0.407 e. The van der Waals surface area contributed by atoms with Gasteiger partial charge in [0.1, 0.15) is 5.60 Å². The van der Waals surface area contributed by atoms with Crippen LogP contribution in [0.4, 0.5) is 4.79 Å². The predicted octanol–water partition coefficient (Wildman–Crippen LogP) is 1.97. The van der Waals surface area contributed by atoms with Crippen molar-refractivity contribution in [3.05, 3.63) is 0 Å².